The molecule has 1 aromatic rings. The van der Waals surface area contributed by atoms with Crippen LogP contribution >= 0.6 is 15.9 Å². The van der Waals surface area contributed by atoms with Crippen LogP contribution in [-0.2, 0) is 14.8 Å². The quantitative estimate of drug-likeness (QED) is 0.529. The molecule has 0 radical (unpaired) electrons. The number of benzene rings is 1. The third-order valence-corrected chi connectivity index (χ3v) is 6.63. The van der Waals surface area contributed by atoms with Gasteiger partial charge in [-0.25, -0.2) is 17.9 Å². The van der Waals surface area contributed by atoms with Crippen LogP contribution < -0.4 is 14.2 Å². The molecule has 2 rings (SSSR count). The van der Waals surface area contributed by atoms with Gasteiger partial charge in [-0.2, -0.15) is 0 Å². The van der Waals surface area contributed by atoms with Crippen LogP contribution in [0.3, 0.4) is 0 Å². The molecule has 0 atom stereocenters. The van der Waals surface area contributed by atoms with E-state index in [1.54, 1.807) is 11.0 Å². The van der Waals surface area contributed by atoms with E-state index in [0.717, 1.165) is 12.8 Å². The zero-order valence-electron chi connectivity index (χ0n) is 17.5. The van der Waals surface area contributed by atoms with Gasteiger partial charge in [0.15, 0.2) is 11.5 Å². The minimum atomic E-state index is -3.77. The van der Waals surface area contributed by atoms with Gasteiger partial charge in [0.2, 0.25) is 10.0 Å². The first kappa shape index (κ1) is 23.8. The number of amides is 1. The molecule has 1 aliphatic rings. The lowest BCUT2D eigenvalue weighted by atomic mass is 10.2. The number of nitrogens with zero attached hydrogens (tertiary/aromatic N) is 1. The van der Waals surface area contributed by atoms with Gasteiger partial charge >= 0.3 is 6.09 Å². The van der Waals surface area contributed by atoms with Crippen molar-refractivity contribution in [2.24, 2.45) is 0 Å². The van der Waals surface area contributed by atoms with Gasteiger partial charge in [-0.15, -0.1) is 0 Å². The van der Waals surface area contributed by atoms with E-state index in [2.05, 4.69) is 20.7 Å². The van der Waals surface area contributed by atoms with E-state index in [0.29, 0.717) is 28.9 Å². The van der Waals surface area contributed by atoms with Crippen LogP contribution in [0.15, 0.2) is 21.5 Å². The SMILES string of the molecule is COc1cc(Br)c(S(=O)(=O)NCCCN(C(=O)OC(C)(C)C)C2CC2)cc1OC. The second-order valence-electron chi connectivity index (χ2n) is 7.79. The monoisotopic (exact) mass is 492 g/mol. The van der Waals surface area contributed by atoms with Crippen molar-refractivity contribution in [3.8, 4) is 11.5 Å². The largest absolute Gasteiger partial charge is 0.493 e. The Morgan fingerprint density at radius 3 is 2.31 bits per heavy atom. The number of hydrogen-bond acceptors (Lipinski definition) is 6. The normalized spacial score (nSPS) is 14.4. The maximum absolute atomic E-state index is 12.7. The summed E-state index contributed by atoms with van der Waals surface area (Å²) >= 11 is 3.27. The molecule has 1 saturated carbocycles. The summed E-state index contributed by atoms with van der Waals surface area (Å²) in [6, 6.07) is 3.13. The van der Waals surface area contributed by atoms with Gasteiger partial charge in [-0.05, 0) is 62.0 Å². The van der Waals surface area contributed by atoms with Crippen LogP contribution in [0.25, 0.3) is 0 Å². The molecule has 1 fully saturated rings. The fourth-order valence-electron chi connectivity index (χ4n) is 2.70. The third-order valence-electron chi connectivity index (χ3n) is 4.21. The average molecular weight is 493 g/mol. The highest BCUT2D eigenvalue weighted by Crippen LogP contribution is 2.35. The number of sulfonamides is 1. The summed E-state index contributed by atoms with van der Waals surface area (Å²) in [6.45, 7) is 6.09. The fraction of sp³-hybridized carbons (Fsp3) is 0.632. The predicted molar refractivity (Wildman–Crippen MR) is 113 cm³/mol. The lowest BCUT2D eigenvalue weighted by molar-refractivity contribution is 0.0232. The molecule has 29 heavy (non-hydrogen) atoms. The van der Waals surface area contributed by atoms with Gasteiger partial charge < -0.3 is 19.1 Å². The molecule has 8 nitrogen and oxygen atoms in total. The van der Waals surface area contributed by atoms with E-state index in [-0.39, 0.29) is 23.6 Å². The van der Waals surface area contributed by atoms with E-state index in [1.807, 2.05) is 20.8 Å². The summed E-state index contributed by atoms with van der Waals surface area (Å²) in [5, 5.41) is 0. The molecule has 0 unspecified atom stereocenters. The van der Waals surface area contributed by atoms with Gasteiger partial charge in [0.05, 0.1) is 14.2 Å². The van der Waals surface area contributed by atoms with Gasteiger partial charge in [-0.1, -0.05) is 0 Å². The minimum Gasteiger partial charge on any atom is -0.493 e. The van der Waals surface area contributed by atoms with E-state index in [9.17, 15) is 13.2 Å². The first-order valence-corrected chi connectivity index (χ1v) is 11.7. The molecule has 0 spiro atoms. The molecule has 1 amide bonds. The molecule has 0 aromatic heterocycles. The number of methoxy groups -OCH3 is 2. The van der Waals surface area contributed by atoms with Crippen LogP contribution in [0.2, 0.25) is 0 Å². The highest BCUT2D eigenvalue weighted by molar-refractivity contribution is 9.10. The summed E-state index contributed by atoms with van der Waals surface area (Å²) < 4.78 is 44.1. The number of carbonyl (C=O) groups is 1. The van der Waals surface area contributed by atoms with Crippen LogP contribution in [0.4, 0.5) is 4.79 Å². The molecule has 0 heterocycles. The Labute approximate surface area is 181 Å². The average Bonchev–Trinajstić information content (AvgIpc) is 3.44. The van der Waals surface area contributed by atoms with E-state index in [4.69, 9.17) is 14.2 Å². The molecule has 164 valence electrons. The van der Waals surface area contributed by atoms with Crippen molar-refractivity contribution in [2.45, 2.75) is 56.6 Å². The van der Waals surface area contributed by atoms with Crippen molar-refractivity contribution in [1.29, 1.82) is 0 Å². The summed E-state index contributed by atoms with van der Waals surface area (Å²) in [6.07, 6.45) is 2.01. The molecule has 10 heteroatoms. The van der Waals surface area contributed by atoms with Crippen molar-refractivity contribution >= 4 is 32.0 Å². The van der Waals surface area contributed by atoms with Gasteiger partial charge in [0.1, 0.15) is 10.5 Å². The number of ether oxygens (including phenoxy) is 3. The molecule has 1 N–H and O–H groups in total. The lowest BCUT2D eigenvalue weighted by Gasteiger charge is -2.27. The molecule has 1 aliphatic carbocycles. The first-order valence-electron chi connectivity index (χ1n) is 9.39. The molecule has 0 bridgehead atoms. The van der Waals surface area contributed by atoms with Gasteiger partial charge in [0, 0.05) is 29.7 Å². The van der Waals surface area contributed by atoms with E-state index in [1.165, 1.54) is 20.3 Å². The molecule has 0 saturated heterocycles. The second kappa shape index (κ2) is 9.53. The van der Waals surface area contributed by atoms with Gasteiger partial charge in [0.25, 0.3) is 0 Å². The Kier molecular flexibility index (Phi) is 7.80. The molecule has 0 aliphatic heterocycles. The van der Waals surface area contributed by atoms with Crippen LogP contribution in [0, 0.1) is 0 Å². The van der Waals surface area contributed by atoms with Crippen LogP contribution in [0.1, 0.15) is 40.0 Å². The highest BCUT2D eigenvalue weighted by Gasteiger charge is 2.34. The predicted octanol–water partition coefficient (Wildman–Crippen LogP) is 3.53. The number of carbonyl (C=O) groups excluding carboxylic acids is 1. The number of hydrogen-bond donors (Lipinski definition) is 1. The fourth-order valence-corrected chi connectivity index (χ4v) is 4.81. The third kappa shape index (κ3) is 6.75. The van der Waals surface area contributed by atoms with Crippen LogP contribution in [-0.4, -0.2) is 58.4 Å². The zero-order valence-corrected chi connectivity index (χ0v) is 19.9. The first-order chi connectivity index (χ1) is 13.5. The Morgan fingerprint density at radius 1 is 1.21 bits per heavy atom. The Morgan fingerprint density at radius 2 is 1.79 bits per heavy atom. The topological polar surface area (TPSA) is 94.2 Å². The minimum absolute atomic E-state index is 0.0568. The Hall–Kier alpha value is -1.52. The highest BCUT2D eigenvalue weighted by atomic mass is 79.9. The summed E-state index contributed by atoms with van der Waals surface area (Å²) in [5.41, 5.74) is -0.564. The molecular formula is C19H29BrN2O6S. The maximum Gasteiger partial charge on any atom is 0.410 e. The van der Waals surface area contributed by atoms with Crippen LogP contribution in [0.5, 0.6) is 11.5 Å². The smallest absolute Gasteiger partial charge is 0.410 e. The van der Waals surface area contributed by atoms with E-state index >= 15 is 0 Å². The Bertz CT molecular complexity index is 834. The van der Waals surface area contributed by atoms with E-state index < -0.39 is 15.6 Å². The Balaban J connectivity index is 1.98. The van der Waals surface area contributed by atoms with Gasteiger partial charge in [-0.3, -0.25) is 0 Å². The lowest BCUT2D eigenvalue weighted by Crippen LogP contribution is -2.39. The van der Waals surface area contributed by atoms with Crippen molar-refractivity contribution in [2.75, 3.05) is 27.3 Å². The molecule has 1 aromatic carbocycles. The zero-order chi connectivity index (χ0) is 21.8. The number of halogens is 1. The number of rotatable bonds is 9. The van der Waals surface area contributed by atoms with Crippen molar-refractivity contribution in [3.05, 3.63) is 16.6 Å². The summed E-state index contributed by atoms with van der Waals surface area (Å²) in [5.74, 6) is 0.747. The standard InChI is InChI=1S/C19H29BrN2O6S/c1-19(2,3)28-18(23)22(13-7-8-13)10-6-9-21-29(24,25)17-12-16(27-5)15(26-4)11-14(17)20/h11-13,21H,6-10H2,1-5H3. The van der Waals surface area contributed by atoms with Crippen molar-refractivity contribution in [3.63, 3.8) is 0 Å². The summed E-state index contributed by atoms with van der Waals surface area (Å²) in [7, 11) is -0.845. The molecular weight excluding hydrogens is 464 g/mol. The number of nitrogens with one attached hydrogen (secondary N) is 1. The van der Waals surface area contributed by atoms with Crippen molar-refractivity contribution < 1.29 is 27.4 Å². The second-order valence-corrected chi connectivity index (χ2v) is 10.4. The van der Waals surface area contributed by atoms with Crippen molar-refractivity contribution in [1.82, 2.24) is 9.62 Å². The maximum atomic E-state index is 12.7. The summed E-state index contributed by atoms with van der Waals surface area (Å²) in [4.78, 5) is 14.1.